The van der Waals surface area contributed by atoms with E-state index in [9.17, 15) is 0 Å². The molecule has 0 amide bonds. The average molecular weight is 350 g/mol. The Balaban J connectivity index is 1.55. The summed E-state index contributed by atoms with van der Waals surface area (Å²) in [5, 5.41) is 18.2. The van der Waals surface area contributed by atoms with Gasteiger partial charge in [0.2, 0.25) is 0 Å². The van der Waals surface area contributed by atoms with Gasteiger partial charge in [0.1, 0.15) is 5.75 Å². The minimum absolute atomic E-state index is 0.559. The summed E-state index contributed by atoms with van der Waals surface area (Å²) in [6, 6.07) is 17.5. The van der Waals surface area contributed by atoms with Gasteiger partial charge in [-0.2, -0.15) is 5.26 Å². The third kappa shape index (κ3) is 4.20. The van der Waals surface area contributed by atoms with Crippen molar-refractivity contribution in [2.45, 2.75) is 12.1 Å². The molecule has 0 unspecified atom stereocenters. The van der Waals surface area contributed by atoms with Crippen molar-refractivity contribution in [3.63, 3.8) is 0 Å². The quantitative estimate of drug-likeness (QED) is 0.499. The van der Waals surface area contributed by atoms with E-state index >= 15 is 0 Å². The zero-order chi connectivity index (χ0) is 17.6. The Morgan fingerprint density at radius 2 is 1.80 bits per heavy atom. The number of ether oxygens (including phenoxy) is 1. The Bertz CT molecular complexity index is 879. The fraction of sp³-hybridized carbons (Fsp3) is 0.211. The molecule has 0 aliphatic carbocycles. The lowest BCUT2D eigenvalue weighted by Gasteiger charge is -2.06. The largest absolute Gasteiger partial charge is 0.493 e. The molecule has 0 atom stereocenters. The maximum Gasteiger partial charge on any atom is 0.191 e. The van der Waals surface area contributed by atoms with E-state index in [1.165, 1.54) is 5.56 Å². The Hall–Kier alpha value is -2.78. The minimum Gasteiger partial charge on any atom is -0.493 e. The van der Waals surface area contributed by atoms with E-state index in [-0.39, 0.29) is 0 Å². The fourth-order valence-corrected chi connectivity index (χ4v) is 3.04. The molecule has 126 valence electrons. The smallest absolute Gasteiger partial charge is 0.191 e. The van der Waals surface area contributed by atoms with Crippen LogP contribution in [-0.2, 0) is 7.05 Å². The zero-order valence-electron chi connectivity index (χ0n) is 14.1. The molecule has 2 aromatic carbocycles. The van der Waals surface area contributed by atoms with Crippen molar-refractivity contribution in [1.29, 1.82) is 5.26 Å². The van der Waals surface area contributed by atoms with Crippen LogP contribution in [0.15, 0.2) is 53.7 Å². The number of thioether (sulfide) groups is 1. The van der Waals surface area contributed by atoms with E-state index in [0.717, 1.165) is 28.0 Å². The van der Waals surface area contributed by atoms with Crippen molar-refractivity contribution in [3.05, 3.63) is 59.7 Å². The molecule has 3 aromatic rings. The summed E-state index contributed by atoms with van der Waals surface area (Å²) in [6.45, 7) is 2.62. The standard InChI is InChI=1S/C19H18N4OS/c1-14-3-7-16(8-4-14)18-21-22-19(23(18)2)25-12-11-24-17-9-5-15(13-20)6-10-17/h3-10H,11-12H2,1-2H3. The first kappa shape index (κ1) is 17.1. The Labute approximate surface area is 151 Å². The van der Waals surface area contributed by atoms with Gasteiger partial charge < -0.3 is 9.30 Å². The molecule has 0 saturated heterocycles. The molecular weight excluding hydrogens is 332 g/mol. The number of hydrogen-bond donors (Lipinski definition) is 0. The highest BCUT2D eigenvalue weighted by Crippen LogP contribution is 2.23. The van der Waals surface area contributed by atoms with Crippen LogP contribution in [0.2, 0.25) is 0 Å². The van der Waals surface area contributed by atoms with Crippen molar-refractivity contribution in [1.82, 2.24) is 14.8 Å². The fourth-order valence-electron chi connectivity index (χ4n) is 2.31. The van der Waals surface area contributed by atoms with Crippen molar-refractivity contribution in [2.24, 2.45) is 7.05 Å². The third-order valence-corrected chi connectivity index (χ3v) is 4.70. The van der Waals surface area contributed by atoms with E-state index in [2.05, 4.69) is 47.5 Å². The van der Waals surface area contributed by atoms with E-state index in [4.69, 9.17) is 10.00 Å². The van der Waals surface area contributed by atoms with Crippen LogP contribution >= 0.6 is 11.8 Å². The van der Waals surface area contributed by atoms with Crippen LogP contribution in [0.3, 0.4) is 0 Å². The highest BCUT2D eigenvalue weighted by atomic mass is 32.2. The molecule has 3 rings (SSSR count). The maximum atomic E-state index is 8.78. The van der Waals surface area contributed by atoms with Crippen LogP contribution in [-0.4, -0.2) is 27.1 Å². The van der Waals surface area contributed by atoms with Crippen LogP contribution in [0.1, 0.15) is 11.1 Å². The lowest BCUT2D eigenvalue weighted by atomic mass is 10.1. The van der Waals surface area contributed by atoms with Gasteiger partial charge in [0.05, 0.1) is 18.2 Å². The second-order valence-electron chi connectivity index (χ2n) is 5.56. The summed E-state index contributed by atoms with van der Waals surface area (Å²) in [6.07, 6.45) is 0. The lowest BCUT2D eigenvalue weighted by molar-refractivity contribution is 0.344. The van der Waals surface area contributed by atoms with E-state index in [1.807, 2.05) is 11.6 Å². The minimum atomic E-state index is 0.559. The summed E-state index contributed by atoms with van der Waals surface area (Å²) in [4.78, 5) is 0. The lowest BCUT2D eigenvalue weighted by Crippen LogP contribution is -2.02. The second-order valence-corrected chi connectivity index (χ2v) is 6.63. The SMILES string of the molecule is Cc1ccc(-c2nnc(SCCOc3ccc(C#N)cc3)n2C)cc1. The van der Waals surface area contributed by atoms with Crippen LogP contribution in [0.25, 0.3) is 11.4 Å². The van der Waals surface area contributed by atoms with Gasteiger partial charge in [0, 0.05) is 18.4 Å². The number of rotatable bonds is 6. The molecule has 6 heteroatoms. The van der Waals surface area contributed by atoms with Gasteiger partial charge >= 0.3 is 0 Å². The highest BCUT2D eigenvalue weighted by molar-refractivity contribution is 7.99. The summed E-state index contributed by atoms with van der Waals surface area (Å²) in [5.41, 5.74) is 2.91. The molecule has 0 radical (unpaired) electrons. The predicted molar refractivity (Wildman–Crippen MR) is 98.6 cm³/mol. The molecule has 0 spiro atoms. The van der Waals surface area contributed by atoms with E-state index in [0.29, 0.717) is 12.2 Å². The average Bonchev–Trinajstić information content (AvgIpc) is 3.01. The summed E-state index contributed by atoms with van der Waals surface area (Å²) in [5.74, 6) is 2.38. The summed E-state index contributed by atoms with van der Waals surface area (Å²) in [7, 11) is 1.97. The predicted octanol–water partition coefficient (Wildman–Crippen LogP) is 3.83. The van der Waals surface area contributed by atoms with E-state index in [1.54, 1.807) is 36.0 Å². The van der Waals surface area contributed by atoms with Gasteiger partial charge in [0.25, 0.3) is 0 Å². The molecule has 1 heterocycles. The molecule has 5 nitrogen and oxygen atoms in total. The Kier molecular flexibility index (Phi) is 5.36. The molecule has 0 bridgehead atoms. The summed E-state index contributed by atoms with van der Waals surface area (Å²) >= 11 is 1.60. The van der Waals surface area contributed by atoms with Crippen LogP contribution in [0.4, 0.5) is 0 Å². The number of hydrogen-bond acceptors (Lipinski definition) is 5. The topological polar surface area (TPSA) is 63.7 Å². The van der Waals surface area contributed by atoms with Gasteiger partial charge in [-0.1, -0.05) is 41.6 Å². The molecular formula is C19H18N4OS. The maximum absolute atomic E-state index is 8.78. The van der Waals surface area contributed by atoms with Gasteiger partial charge in [-0.25, -0.2) is 0 Å². The van der Waals surface area contributed by atoms with Crippen molar-refractivity contribution in [2.75, 3.05) is 12.4 Å². The number of aromatic nitrogens is 3. The number of benzene rings is 2. The Morgan fingerprint density at radius 3 is 2.48 bits per heavy atom. The van der Waals surface area contributed by atoms with Crippen LogP contribution in [0, 0.1) is 18.3 Å². The van der Waals surface area contributed by atoms with Crippen molar-refractivity contribution >= 4 is 11.8 Å². The molecule has 0 aliphatic heterocycles. The first-order valence-corrected chi connectivity index (χ1v) is 8.88. The summed E-state index contributed by atoms with van der Waals surface area (Å²) < 4.78 is 7.68. The number of aryl methyl sites for hydroxylation is 1. The van der Waals surface area contributed by atoms with Gasteiger partial charge in [0.15, 0.2) is 11.0 Å². The normalized spacial score (nSPS) is 10.4. The van der Waals surface area contributed by atoms with Gasteiger partial charge in [-0.05, 0) is 31.2 Å². The van der Waals surface area contributed by atoms with E-state index < -0.39 is 0 Å². The molecule has 0 saturated carbocycles. The monoisotopic (exact) mass is 350 g/mol. The second kappa shape index (κ2) is 7.86. The molecule has 1 aromatic heterocycles. The zero-order valence-corrected chi connectivity index (χ0v) is 15.0. The first-order chi connectivity index (χ1) is 12.2. The molecule has 0 fully saturated rings. The highest BCUT2D eigenvalue weighted by Gasteiger charge is 2.11. The number of nitrogens with zero attached hydrogens (tertiary/aromatic N) is 4. The Morgan fingerprint density at radius 1 is 1.08 bits per heavy atom. The number of nitriles is 1. The third-order valence-electron chi connectivity index (χ3n) is 3.71. The van der Waals surface area contributed by atoms with Gasteiger partial charge in [-0.15, -0.1) is 10.2 Å². The van der Waals surface area contributed by atoms with Crippen molar-refractivity contribution < 1.29 is 4.74 Å². The van der Waals surface area contributed by atoms with Crippen LogP contribution in [0.5, 0.6) is 5.75 Å². The van der Waals surface area contributed by atoms with Crippen molar-refractivity contribution in [3.8, 4) is 23.2 Å². The molecule has 0 N–H and O–H groups in total. The van der Waals surface area contributed by atoms with Crippen LogP contribution < -0.4 is 4.74 Å². The molecule has 0 aliphatic rings. The first-order valence-electron chi connectivity index (χ1n) is 7.89. The molecule has 25 heavy (non-hydrogen) atoms. The van der Waals surface area contributed by atoms with Gasteiger partial charge in [-0.3, -0.25) is 0 Å².